The van der Waals surface area contributed by atoms with Crippen LogP contribution in [-0.4, -0.2) is 52.7 Å². The molecule has 3 amide bonds. The van der Waals surface area contributed by atoms with Gasteiger partial charge >= 0.3 is 6.09 Å². The van der Waals surface area contributed by atoms with E-state index in [2.05, 4.69) is 0 Å². The van der Waals surface area contributed by atoms with Gasteiger partial charge in [-0.05, 0) is 44.4 Å². The van der Waals surface area contributed by atoms with Crippen molar-refractivity contribution in [2.75, 3.05) is 13.3 Å². The summed E-state index contributed by atoms with van der Waals surface area (Å²) in [4.78, 5) is 39.5. The highest BCUT2D eigenvalue weighted by Gasteiger charge is 2.48. The Balaban J connectivity index is 1.48. The van der Waals surface area contributed by atoms with Crippen molar-refractivity contribution < 1.29 is 28.6 Å². The summed E-state index contributed by atoms with van der Waals surface area (Å²) in [6, 6.07) is 5.68. The fourth-order valence-corrected chi connectivity index (χ4v) is 3.13. The molecule has 2 aliphatic heterocycles. The van der Waals surface area contributed by atoms with Crippen LogP contribution in [0.25, 0.3) is 0 Å². The number of cyclic esters (lactones) is 1. The van der Waals surface area contributed by atoms with Gasteiger partial charge < -0.3 is 19.1 Å². The van der Waals surface area contributed by atoms with Gasteiger partial charge in [-0.2, -0.15) is 0 Å². The molecule has 1 aliphatic carbocycles. The van der Waals surface area contributed by atoms with Gasteiger partial charge in [0.2, 0.25) is 12.7 Å². The summed E-state index contributed by atoms with van der Waals surface area (Å²) in [5, 5.41) is 0. The summed E-state index contributed by atoms with van der Waals surface area (Å²) >= 11 is 0. The second kappa shape index (κ2) is 5.89. The SMILES string of the molecule is CC1(C)OC(=O)N(CC(=O)N(Cc2ccc3c(c2)OCO3)C2CC2)C1=O. The van der Waals surface area contributed by atoms with Crippen molar-refractivity contribution >= 4 is 17.9 Å². The predicted octanol–water partition coefficient (Wildman–Crippen LogP) is 1.66. The van der Waals surface area contributed by atoms with Crippen molar-refractivity contribution in [3.63, 3.8) is 0 Å². The molecule has 3 aliphatic rings. The summed E-state index contributed by atoms with van der Waals surface area (Å²) in [5.41, 5.74) is -0.316. The molecule has 1 saturated carbocycles. The molecule has 0 unspecified atom stereocenters. The van der Waals surface area contributed by atoms with Crippen molar-refractivity contribution in [3.05, 3.63) is 23.8 Å². The third kappa shape index (κ3) is 2.95. The van der Waals surface area contributed by atoms with Crippen LogP contribution >= 0.6 is 0 Å². The standard InChI is InChI=1S/C18H20N2O6/c1-18(2)16(22)20(17(23)26-18)9-15(21)19(12-4-5-12)8-11-3-6-13-14(7-11)25-10-24-13/h3,6-7,12H,4-5,8-10H2,1-2H3. The van der Waals surface area contributed by atoms with Gasteiger partial charge in [0.25, 0.3) is 5.91 Å². The summed E-state index contributed by atoms with van der Waals surface area (Å²) in [5.74, 6) is 0.583. The van der Waals surface area contributed by atoms with Crippen LogP contribution in [0.3, 0.4) is 0 Å². The minimum atomic E-state index is -1.22. The normalized spacial score (nSPS) is 20.3. The van der Waals surface area contributed by atoms with Crippen molar-refractivity contribution in [2.45, 2.75) is 44.9 Å². The van der Waals surface area contributed by atoms with Gasteiger partial charge in [-0.1, -0.05) is 6.07 Å². The molecule has 0 atom stereocenters. The van der Waals surface area contributed by atoms with E-state index in [0.29, 0.717) is 18.0 Å². The highest BCUT2D eigenvalue weighted by molar-refractivity contribution is 6.04. The molecular weight excluding hydrogens is 340 g/mol. The van der Waals surface area contributed by atoms with Crippen LogP contribution in [-0.2, 0) is 20.9 Å². The summed E-state index contributed by atoms with van der Waals surface area (Å²) in [6.07, 6.45) is 1.06. The number of rotatable bonds is 5. The third-order valence-corrected chi connectivity index (χ3v) is 4.71. The topological polar surface area (TPSA) is 85.4 Å². The average molecular weight is 360 g/mol. The molecule has 8 nitrogen and oxygen atoms in total. The second-order valence-electron chi connectivity index (χ2n) is 7.21. The predicted molar refractivity (Wildman–Crippen MR) is 88.4 cm³/mol. The van der Waals surface area contributed by atoms with E-state index in [9.17, 15) is 14.4 Å². The quantitative estimate of drug-likeness (QED) is 0.794. The molecule has 0 radical (unpaired) electrons. The van der Waals surface area contributed by atoms with Crippen LogP contribution in [0.15, 0.2) is 18.2 Å². The van der Waals surface area contributed by atoms with Gasteiger partial charge in [0.05, 0.1) is 0 Å². The van der Waals surface area contributed by atoms with Gasteiger partial charge in [-0.25, -0.2) is 9.69 Å². The number of amides is 3. The number of ether oxygens (including phenoxy) is 3. The van der Waals surface area contributed by atoms with Crippen LogP contribution < -0.4 is 9.47 Å². The Hall–Kier alpha value is -2.77. The van der Waals surface area contributed by atoms with E-state index in [1.54, 1.807) is 4.90 Å². The van der Waals surface area contributed by atoms with Crippen LogP contribution in [0, 0.1) is 0 Å². The van der Waals surface area contributed by atoms with Gasteiger partial charge in [-0.15, -0.1) is 0 Å². The molecule has 1 saturated heterocycles. The van der Waals surface area contributed by atoms with Crippen LogP contribution in [0.4, 0.5) is 4.79 Å². The first-order chi connectivity index (χ1) is 12.3. The number of fused-ring (bicyclic) bond motifs is 1. The van der Waals surface area contributed by atoms with Crippen LogP contribution in [0.5, 0.6) is 11.5 Å². The maximum absolute atomic E-state index is 12.8. The number of carbonyl (C=O) groups excluding carboxylic acids is 3. The number of hydrogen-bond acceptors (Lipinski definition) is 6. The number of carbonyl (C=O) groups is 3. The Morgan fingerprint density at radius 1 is 1.23 bits per heavy atom. The van der Waals surface area contributed by atoms with Crippen molar-refractivity contribution in [1.29, 1.82) is 0 Å². The summed E-state index contributed by atoms with van der Waals surface area (Å²) in [6.45, 7) is 3.31. The molecule has 8 heteroatoms. The molecule has 0 spiro atoms. The van der Waals surface area contributed by atoms with E-state index in [4.69, 9.17) is 14.2 Å². The Morgan fingerprint density at radius 3 is 2.62 bits per heavy atom. The minimum absolute atomic E-state index is 0.134. The summed E-state index contributed by atoms with van der Waals surface area (Å²) in [7, 11) is 0. The molecule has 0 aromatic heterocycles. The maximum Gasteiger partial charge on any atom is 0.418 e. The molecule has 2 heterocycles. The molecule has 1 aromatic rings. The molecule has 4 rings (SSSR count). The first-order valence-electron chi connectivity index (χ1n) is 8.58. The first-order valence-corrected chi connectivity index (χ1v) is 8.58. The van der Waals surface area contributed by atoms with E-state index < -0.39 is 17.6 Å². The summed E-state index contributed by atoms with van der Waals surface area (Å²) < 4.78 is 15.7. The van der Waals surface area contributed by atoms with Crippen molar-refractivity contribution in [2.24, 2.45) is 0 Å². The number of benzene rings is 1. The zero-order valence-corrected chi connectivity index (χ0v) is 14.7. The smallest absolute Gasteiger partial charge is 0.418 e. The van der Waals surface area contributed by atoms with Gasteiger partial charge in [0.1, 0.15) is 6.54 Å². The number of imide groups is 1. The largest absolute Gasteiger partial charge is 0.454 e. The lowest BCUT2D eigenvalue weighted by Gasteiger charge is -2.24. The number of hydrogen-bond donors (Lipinski definition) is 0. The molecule has 0 bridgehead atoms. The second-order valence-corrected chi connectivity index (χ2v) is 7.21. The van der Waals surface area contributed by atoms with E-state index in [0.717, 1.165) is 23.3 Å². The fourth-order valence-electron chi connectivity index (χ4n) is 3.13. The molecule has 26 heavy (non-hydrogen) atoms. The van der Waals surface area contributed by atoms with E-state index >= 15 is 0 Å². The highest BCUT2D eigenvalue weighted by atomic mass is 16.7. The molecule has 2 fully saturated rings. The van der Waals surface area contributed by atoms with Crippen molar-refractivity contribution in [3.8, 4) is 11.5 Å². The van der Waals surface area contributed by atoms with E-state index in [1.807, 2.05) is 18.2 Å². The Bertz CT molecular complexity index is 786. The number of nitrogens with zero attached hydrogens (tertiary/aromatic N) is 2. The van der Waals surface area contributed by atoms with Crippen LogP contribution in [0.2, 0.25) is 0 Å². The average Bonchev–Trinajstić information content (AvgIpc) is 3.28. The Morgan fingerprint density at radius 2 is 1.96 bits per heavy atom. The zero-order chi connectivity index (χ0) is 18.5. The lowest BCUT2D eigenvalue weighted by molar-refractivity contribution is -0.140. The minimum Gasteiger partial charge on any atom is -0.454 e. The van der Waals surface area contributed by atoms with Gasteiger partial charge in [0, 0.05) is 12.6 Å². The lowest BCUT2D eigenvalue weighted by atomic mass is 10.1. The fraction of sp³-hybridized carbons (Fsp3) is 0.500. The zero-order valence-electron chi connectivity index (χ0n) is 14.7. The van der Waals surface area contributed by atoms with Gasteiger partial charge in [-0.3, -0.25) is 9.59 Å². The molecule has 0 N–H and O–H groups in total. The van der Waals surface area contributed by atoms with Gasteiger partial charge in [0.15, 0.2) is 17.1 Å². The monoisotopic (exact) mass is 360 g/mol. The molecular formula is C18H20N2O6. The first kappa shape index (κ1) is 16.7. The van der Waals surface area contributed by atoms with Crippen LogP contribution in [0.1, 0.15) is 32.3 Å². The highest BCUT2D eigenvalue weighted by Crippen LogP contribution is 2.34. The Kier molecular flexibility index (Phi) is 3.78. The van der Waals surface area contributed by atoms with Crippen molar-refractivity contribution in [1.82, 2.24) is 9.80 Å². The lowest BCUT2D eigenvalue weighted by Crippen LogP contribution is -2.44. The van der Waals surface area contributed by atoms with E-state index in [-0.39, 0.29) is 25.3 Å². The van der Waals surface area contributed by atoms with E-state index in [1.165, 1.54) is 13.8 Å². The molecule has 138 valence electrons. The molecule has 1 aromatic carbocycles. The Labute approximate surface area is 150 Å². The maximum atomic E-state index is 12.8. The third-order valence-electron chi connectivity index (χ3n) is 4.71.